The number of benzene rings is 1. The van der Waals surface area contributed by atoms with E-state index in [1.54, 1.807) is 0 Å². The highest BCUT2D eigenvalue weighted by molar-refractivity contribution is 5.84. The number of aromatic amines is 1. The summed E-state index contributed by atoms with van der Waals surface area (Å²) >= 11 is 0. The zero-order chi connectivity index (χ0) is 13.5. The summed E-state index contributed by atoms with van der Waals surface area (Å²) in [5, 5.41) is -0.764. The molecule has 0 unspecified atom stereocenters. The first-order valence-electron chi connectivity index (χ1n) is 4.76. The number of nitrogens with zero attached hydrogens (tertiary/aromatic N) is 1. The molecule has 0 radical (unpaired) electrons. The first kappa shape index (κ1) is 12.3. The molecule has 0 amide bonds. The molecule has 0 bridgehead atoms. The van der Waals surface area contributed by atoms with Crippen LogP contribution in [-0.4, -0.2) is 9.97 Å². The van der Waals surface area contributed by atoms with Crippen LogP contribution in [0.4, 0.5) is 17.6 Å². The average molecular weight is 258 g/mol. The molecule has 0 atom stereocenters. The maximum Gasteiger partial charge on any atom is 0.432 e. The molecule has 0 fully saturated rings. The molecule has 0 saturated carbocycles. The van der Waals surface area contributed by atoms with Crippen LogP contribution >= 0.6 is 0 Å². The molecule has 18 heavy (non-hydrogen) atoms. The van der Waals surface area contributed by atoms with Crippen LogP contribution in [0.25, 0.3) is 17.0 Å². The van der Waals surface area contributed by atoms with Crippen LogP contribution in [-0.2, 0) is 6.18 Å². The van der Waals surface area contributed by atoms with E-state index in [0.29, 0.717) is 0 Å². The SMILES string of the molecule is C=Cc1ccc2nc(=O)[nH]c(C(F)(F)F)c2c1F. The van der Waals surface area contributed by atoms with Gasteiger partial charge in [-0.3, -0.25) is 0 Å². The van der Waals surface area contributed by atoms with Crippen molar-refractivity contribution in [2.75, 3.05) is 0 Å². The molecule has 0 spiro atoms. The number of hydrogen-bond acceptors (Lipinski definition) is 2. The molecule has 0 saturated heterocycles. The maximum atomic E-state index is 13.9. The summed E-state index contributed by atoms with van der Waals surface area (Å²) in [5.74, 6) is -1.11. The molecule has 1 N–H and O–H groups in total. The molecule has 94 valence electrons. The lowest BCUT2D eigenvalue weighted by Crippen LogP contribution is -2.20. The summed E-state index contributed by atoms with van der Waals surface area (Å²) in [6.45, 7) is 3.29. The summed E-state index contributed by atoms with van der Waals surface area (Å²) in [6.07, 6.45) is -3.79. The Kier molecular flexibility index (Phi) is 2.68. The van der Waals surface area contributed by atoms with Gasteiger partial charge in [-0.2, -0.15) is 18.2 Å². The monoisotopic (exact) mass is 258 g/mol. The van der Waals surface area contributed by atoms with E-state index in [-0.39, 0.29) is 11.1 Å². The van der Waals surface area contributed by atoms with Gasteiger partial charge in [-0.05, 0) is 12.1 Å². The molecule has 3 nitrogen and oxygen atoms in total. The highest BCUT2D eigenvalue weighted by Crippen LogP contribution is 2.33. The Morgan fingerprint density at radius 3 is 2.56 bits per heavy atom. The number of nitrogens with one attached hydrogen (secondary N) is 1. The molecule has 2 aromatic rings. The van der Waals surface area contributed by atoms with Crippen molar-refractivity contribution in [3.8, 4) is 0 Å². The molecule has 1 aromatic carbocycles. The van der Waals surface area contributed by atoms with Gasteiger partial charge in [-0.1, -0.05) is 12.7 Å². The Morgan fingerprint density at radius 2 is 2.00 bits per heavy atom. The van der Waals surface area contributed by atoms with Crippen LogP contribution in [0.3, 0.4) is 0 Å². The van der Waals surface area contributed by atoms with E-state index in [0.717, 1.165) is 12.1 Å². The van der Waals surface area contributed by atoms with Crippen molar-refractivity contribution in [2.45, 2.75) is 6.18 Å². The minimum absolute atomic E-state index is 0.0955. The number of rotatable bonds is 1. The van der Waals surface area contributed by atoms with Crippen molar-refractivity contribution >= 4 is 17.0 Å². The molecule has 1 heterocycles. The van der Waals surface area contributed by atoms with Crippen molar-refractivity contribution < 1.29 is 17.6 Å². The average Bonchev–Trinajstić information content (AvgIpc) is 2.27. The molecule has 0 aliphatic rings. The summed E-state index contributed by atoms with van der Waals surface area (Å²) in [4.78, 5) is 15.8. The normalized spacial score (nSPS) is 11.8. The fourth-order valence-electron chi connectivity index (χ4n) is 1.59. The summed E-state index contributed by atoms with van der Waals surface area (Å²) in [6, 6.07) is 2.34. The predicted molar refractivity (Wildman–Crippen MR) is 57.4 cm³/mol. The van der Waals surface area contributed by atoms with E-state index in [9.17, 15) is 22.4 Å². The van der Waals surface area contributed by atoms with Gasteiger partial charge in [-0.25, -0.2) is 9.18 Å². The second-order valence-electron chi connectivity index (χ2n) is 3.48. The Balaban J connectivity index is 3.00. The number of halogens is 4. The van der Waals surface area contributed by atoms with E-state index >= 15 is 0 Å². The van der Waals surface area contributed by atoms with Gasteiger partial charge in [0, 0.05) is 5.56 Å². The van der Waals surface area contributed by atoms with Gasteiger partial charge < -0.3 is 4.98 Å². The van der Waals surface area contributed by atoms with Gasteiger partial charge in [-0.15, -0.1) is 0 Å². The maximum absolute atomic E-state index is 13.9. The Morgan fingerprint density at radius 1 is 1.33 bits per heavy atom. The van der Waals surface area contributed by atoms with Gasteiger partial charge in [0.1, 0.15) is 11.5 Å². The number of fused-ring (bicyclic) bond motifs is 1. The first-order chi connectivity index (χ1) is 8.34. The lowest BCUT2D eigenvalue weighted by atomic mass is 10.1. The van der Waals surface area contributed by atoms with Crippen molar-refractivity contribution in [1.29, 1.82) is 0 Å². The third-order valence-corrected chi connectivity index (χ3v) is 2.36. The van der Waals surface area contributed by atoms with Gasteiger partial charge in [0.2, 0.25) is 0 Å². The van der Waals surface area contributed by atoms with E-state index in [1.807, 2.05) is 0 Å². The molecule has 2 rings (SSSR count). The number of alkyl halides is 3. The third-order valence-electron chi connectivity index (χ3n) is 2.36. The third kappa shape index (κ3) is 1.87. The molecule has 1 aromatic heterocycles. The van der Waals surface area contributed by atoms with Crippen LogP contribution < -0.4 is 5.69 Å². The Hall–Kier alpha value is -2.18. The van der Waals surface area contributed by atoms with E-state index < -0.39 is 28.8 Å². The zero-order valence-corrected chi connectivity index (χ0v) is 8.81. The second kappa shape index (κ2) is 3.94. The smallest absolute Gasteiger partial charge is 0.301 e. The Bertz CT molecular complexity index is 688. The van der Waals surface area contributed by atoms with Crippen molar-refractivity contribution in [3.05, 3.63) is 46.3 Å². The molecule has 7 heteroatoms. The predicted octanol–water partition coefficient (Wildman–Crippen LogP) is 2.72. The van der Waals surface area contributed by atoms with Gasteiger partial charge >= 0.3 is 11.9 Å². The second-order valence-corrected chi connectivity index (χ2v) is 3.48. The molecular formula is C11H6F4N2O. The number of aromatic nitrogens is 2. The topological polar surface area (TPSA) is 45.8 Å². The summed E-state index contributed by atoms with van der Waals surface area (Å²) < 4.78 is 52.0. The van der Waals surface area contributed by atoms with Crippen LogP contribution in [0.2, 0.25) is 0 Å². The van der Waals surface area contributed by atoms with Crippen molar-refractivity contribution in [1.82, 2.24) is 9.97 Å². The van der Waals surface area contributed by atoms with Crippen LogP contribution in [0, 0.1) is 5.82 Å². The summed E-state index contributed by atoms with van der Waals surface area (Å²) in [7, 11) is 0. The lowest BCUT2D eigenvalue weighted by molar-refractivity contribution is -0.140. The molecule has 0 aliphatic carbocycles. The lowest BCUT2D eigenvalue weighted by Gasteiger charge is -2.10. The van der Waals surface area contributed by atoms with E-state index in [1.165, 1.54) is 11.1 Å². The van der Waals surface area contributed by atoms with Crippen molar-refractivity contribution in [3.63, 3.8) is 0 Å². The standard InChI is InChI=1S/C11H6F4N2O/c1-2-5-3-4-6-7(8(5)12)9(11(13,14)15)17-10(18)16-6/h2-4H,1H2,(H,16,17,18). The van der Waals surface area contributed by atoms with Crippen LogP contribution in [0.15, 0.2) is 23.5 Å². The highest BCUT2D eigenvalue weighted by atomic mass is 19.4. The van der Waals surface area contributed by atoms with Gasteiger partial charge in [0.05, 0.1) is 10.9 Å². The minimum Gasteiger partial charge on any atom is -0.301 e. The van der Waals surface area contributed by atoms with E-state index in [4.69, 9.17) is 0 Å². The van der Waals surface area contributed by atoms with Gasteiger partial charge in [0.25, 0.3) is 0 Å². The molecular weight excluding hydrogens is 252 g/mol. The number of H-pyrrole nitrogens is 1. The first-order valence-corrected chi connectivity index (χ1v) is 4.76. The quantitative estimate of drug-likeness (QED) is 0.799. The fourth-order valence-corrected chi connectivity index (χ4v) is 1.59. The fraction of sp³-hybridized carbons (Fsp3) is 0.0909. The largest absolute Gasteiger partial charge is 0.432 e. The van der Waals surface area contributed by atoms with E-state index in [2.05, 4.69) is 11.6 Å². The minimum atomic E-state index is -4.87. The number of hydrogen-bond donors (Lipinski definition) is 1. The van der Waals surface area contributed by atoms with Crippen LogP contribution in [0.1, 0.15) is 11.3 Å². The zero-order valence-electron chi connectivity index (χ0n) is 8.81. The molecule has 0 aliphatic heterocycles. The highest BCUT2D eigenvalue weighted by Gasteiger charge is 2.35. The van der Waals surface area contributed by atoms with Crippen LogP contribution in [0.5, 0.6) is 0 Å². The van der Waals surface area contributed by atoms with Gasteiger partial charge in [0.15, 0.2) is 0 Å². The Labute approximate surface area is 97.8 Å². The van der Waals surface area contributed by atoms with Crippen molar-refractivity contribution in [2.24, 2.45) is 0 Å². The summed E-state index contributed by atoms with van der Waals surface area (Å²) in [5.41, 5.74) is -3.07.